The number of carbonyl (C=O) groups is 2. The van der Waals surface area contributed by atoms with Crippen LogP contribution >= 0.6 is 0 Å². The predicted octanol–water partition coefficient (Wildman–Crippen LogP) is 2.99. The summed E-state index contributed by atoms with van der Waals surface area (Å²) in [4.78, 5) is 22.6. The lowest BCUT2D eigenvalue weighted by molar-refractivity contribution is -0.152. The summed E-state index contributed by atoms with van der Waals surface area (Å²) in [5.74, 6) is -0.730. The van der Waals surface area contributed by atoms with Crippen molar-refractivity contribution in [2.45, 2.75) is 79.4 Å². The Morgan fingerprint density at radius 2 is 1.07 bits per heavy atom. The van der Waals surface area contributed by atoms with Crippen molar-refractivity contribution in [3.05, 3.63) is 0 Å². The normalized spacial score (nSPS) is 13.9. The van der Waals surface area contributed by atoms with Gasteiger partial charge in [0.15, 0.2) is 0 Å². The Morgan fingerprint density at radius 1 is 0.704 bits per heavy atom. The fraction of sp³-hybridized carbons (Fsp3) is 0.889. The maximum absolute atomic E-state index is 11.3. The topological polar surface area (TPSA) is 89.5 Å². The summed E-state index contributed by atoms with van der Waals surface area (Å²) in [5, 5.41) is 0. The highest BCUT2D eigenvalue weighted by molar-refractivity contribution is 6.53. The van der Waals surface area contributed by atoms with Crippen LogP contribution in [0.25, 0.3) is 0 Å². The van der Waals surface area contributed by atoms with Crippen LogP contribution in [0.15, 0.2) is 0 Å². The molecule has 0 aliphatic rings. The Bertz CT molecular complexity index is 380. The van der Waals surface area contributed by atoms with Gasteiger partial charge in [-0.1, -0.05) is 26.7 Å². The number of carbonyl (C=O) groups excluding carboxylic acids is 2. The van der Waals surface area contributed by atoms with Crippen LogP contribution in [0.3, 0.4) is 0 Å². The molecule has 0 fully saturated rings. The molecule has 0 heterocycles. The maximum atomic E-state index is 11.3. The van der Waals surface area contributed by atoms with Gasteiger partial charge in [-0.2, -0.15) is 0 Å². The highest BCUT2D eigenvalue weighted by atomic mass is 28.4. The highest BCUT2D eigenvalue weighted by Gasteiger charge is 2.46. The van der Waals surface area contributed by atoms with E-state index in [2.05, 4.69) is 0 Å². The molecule has 0 aromatic heterocycles. The third-order valence-electron chi connectivity index (χ3n) is 3.42. The van der Waals surface area contributed by atoms with Gasteiger partial charge >= 0.3 is 21.0 Å². The predicted molar refractivity (Wildman–Crippen MR) is 102 cm³/mol. The van der Waals surface area contributed by atoms with Gasteiger partial charge in [0, 0.05) is 27.1 Å². The molecule has 0 saturated carbocycles. The summed E-state index contributed by atoms with van der Waals surface area (Å²) >= 11 is 0. The lowest BCUT2D eigenvalue weighted by atomic mass is 10.2. The van der Waals surface area contributed by atoms with Crippen LogP contribution in [-0.2, 0) is 36.8 Å². The molecule has 0 aromatic carbocycles. The second kappa shape index (κ2) is 15.0. The molecule has 0 bridgehead atoms. The van der Waals surface area contributed by atoms with Crippen molar-refractivity contribution in [3.63, 3.8) is 0 Å². The monoisotopic (exact) mass is 408 g/mol. The van der Waals surface area contributed by atoms with Gasteiger partial charge in [-0.05, 0) is 26.7 Å². The van der Waals surface area contributed by atoms with E-state index in [1.165, 1.54) is 13.8 Å². The Hall–Kier alpha value is -1.00. The maximum Gasteiger partial charge on any atom is 0.679 e. The van der Waals surface area contributed by atoms with Crippen LogP contribution < -0.4 is 0 Å². The summed E-state index contributed by atoms with van der Waals surface area (Å²) in [6.45, 7) is 11.3. The first kappa shape index (κ1) is 26.0. The van der Waals surface area contributed by atoms with Gasteiger partial charge in [0.05, 0.1) is 13.2 Å². The van der Waals surface area contributed by atoms with Gasteiger partial charge in [0.25, 0.3) is 0 Å². The minimum Gasteiger partial charge on any atom is -0.460 e. The number of hydrogen-bond acceptors (Lipinski definition) is 8. The summed E-state index contributed by atoms with van der Waals surface area (Å²) in [7, 11) is -3.46. The summed E-state index contributed by atoms with van der Waals surface area (Å²) in [5.41, 5.74) is 0. The van der Waals surface area contributed by atoms with E-state index in [1.807, 2.05) is 27.7 Å². The third kappa shape index (κ3) is 12.1. The molecule has 0 aliphatic carbocycles. The summed E-state index contributed by atoms with van der Waals surface area (Å²) < 4.78 is 33.8. The SMILES string of the molecule is CCCC(CO[Si](OCC)(OCC)OCC(CCC)OC(C)=O)OC(C)=O. The van der Waals surface area contributed by atoms with Crippen LogP contribution in [0.5, 0.6) is 0 Å². The van der Waals surface area contributed by atoms with Crippen molar-refractivity contribution in [3.8, 4) is 0 Å². The lowest BCUT2D eigenvalue weighted by Crippen LogP contribution is -2.52. The molecule has 8 nitrogen and oxygen atoms in total. The van der Waals surface area contributed by atoms with Crippen LogP contribution in [-0.4, -0.2) is 59.6 Å². The van der Waals surface area contributed by atoms with E-state index in [4.69, 9.17) is 27.2 Å². The lowest BCUT2D eigenvalue weighted by Gasteiger charge is -2.30. The van der Waals surface area contributed by atoms with Gasteiger partial charge in [-0.15, -0.1) is 0 Å². The number of esters is 2. The van der Waals surface area contributed by atoms with Crippen LogP contribution in [0.4, 0.5) is 0 Å². The Labute approximate surface area is 164 Å². The van der Waals surface area contributed by atoms with Gasteiger partial charge < -0.3 is 27.2 Å². The molecule has 2 atom stereocenters. The Kier molecular flexibility index (Phi) is 14.4. The molecule has 0 aliphatic heterocycles. The van der Waals surface area contributed by atoms with Crippen LogP contribution in [0.1, 0.15) is 67.2 Å². The van der Waals surface area contributed by atoms with Crippen molar-refractivity contribution in [1.29, 1.82) is 0 Å². The molecule has 0 N–H and O–H groups in total. The average molecular weight is 409 g/mol. The van der Waals surface area contributed by atoms with Crippen molar-refractivity contribution < 1.29 is 36.8 Å². The first-order valence-corrected chi connectivity index (χ1v) is 11.4. The molecular weight excluding hydrogens is 372 g/mol. The minimum atomic E-state index is -3.46. The zero-order chi connectivity index (χ0) is 20.7. The Morgan fingerprint density at radius 3 is 1.33 bits per heavy atom. The fourth-order valence-corrected chi connectivity index (χ4v) is 4.45. The van der Waals surface area contributed by atoms with E-state index < -0.39 is 21.3 Å². The van der Waals surface area contributed by atoms with Gasteiger partial charge in [-0.3, -0.25) is 9.59 Å². The standard InChI is InChI=1S/C18H36O8Si/c1-7-11-17(25-15(5)19)13-23-27(21-9-3,22-10-4)24-14-18(12-8-2)26-16(6)20/h17-18H,7-14H2,1-6H3. The zero-order valence-electron chi connectivity index (χ0n) is 17.6. The zero-order valence-corrected chi connectivity index (χ0v) is 18.6. The van der Waals surface area contributed by atoms with Crippen LogP contribution in [0.2, 0.25) is 0 Å². The molecule has 160 valence electrons. The summed E-state index contributed by atoms with van der Waals surface area (Å²) in [6.07, 6.45) is 2.20. The van der Waals surface area contributed by atoms with E-state index in [9.17, 15) is 9.59 Å². The van der Waals surface area contributed by atoms with E-state index in [0.29, 0.717) is 26.1 Å². The van der Waals surface area contributed by atoms with Gasteiger partial charge in [0.2, 0.25) is 0 Å². The van der Waals surface area contributed by atoms with Gasteiger partial charge in [0.1, 0.15) is 12.2 Å². The molecule has 0 rings (SSSR count). The number of rotatable bonds is 16. The minimum absolute atomic E-state index is 0.117. The highest BCUT2D eigenvalue weighted by Crippen LogP contribution is 2.17. The Balaban J connectivity index is 5.08. The number of ether oxygens (including phenoxy) is 2. The van der Waals surface area contributed by atoms with E-state index in [-0.39, 0.29) is 25.2 Å². The molecule has 0 radical (unpaired) electrons. The molecule has 0 spiro atoms. The van der Waals surface area contributed by atoms with Crippen molar-refractivity contribution in [1.82, 2.24) is 0 Å². The third-order valence-corrected chi connectivity index (χ3v) is 5.75. The van der Waals surface area contributed by atoms with E-state index >= 15 is 0 Å². The molecule has 0 amide bonds. The van der Waals surface area contributed by atoms with Crippen LogP contribution in [0, 0.1) is 0 Å². The molecule has 2 unspecified atom stereocenters. The average Bonchev–Trinajstić information content (AvgIpc) is 2.57. The van der Waals surface area contributed by atoms with Gasteiger partial charge in [-0.25, -0.2) is 0 Å². The molecular formula is C18H36O8Si. The van der Waals surface area contributed by atoms with E-state index in [0.717, 1.165) is 12.8 Å². The first-order valence-electron chi connectivity index (χ1n) is 9.72. The molecule has 27 heavy (non-hydrogen) atoms. The second-order valence-corrected chi connectivity index (χ2v) is 8.18. The first-order chi connectivity index (χ1) is 12.8. The van der Waals surface area contributed by atoms with Crippen molar-refractivity contribution in [2.24, 2.45) is 0 Å². The smallest absolute Gasteiger partial charge is 0.460 e. The molecule has 9 heteroatoms. The van der Waals surface area contributed by atoms with Crippen molar-refractivity contribution >= 4 is 21.0 Å². The quantitative estimate of drug-likeness (QED) is 0.284. The fourth-order valence-electron chi connectivity index (χ4n) is 2.46. The van der Waals surface area contributed by atoms with E-state index in [1.54, 1.807) is 0 Å². The molecule has 0 aromatic rings. The molecule has 0 saturated heterocycles. The number of hydrogen-bond donors (Lipinski definition) is 0. The second-order valence-electron chi connectivity index (χ2n) is 6.03. The van der Waals surface area contributed by atoms with Crippen molar-refractivity contribution in [2.75, 3.05) is 26.4 Å². The largest absolute Gasteiger partial charge is 0.679 e. The summed E-state index contributed by atoms with van der Waals surface area (Å²) in [6, 6.07) is 0.